The van der Waals surface area contributed by atoms with Crippen LogP contribution in [0.3, 0.4) is 0 Å². The Labute approximate surface area is 180 Å². The number of nitrogens with one attached hydrogen (secondary N) is 1. The Morgan fingerprint density at radius 1 is 0.968 bits per heavy atom. The van der Waals surface area contributed by atoms with Crippen LogP contribution in [0.2, 0.25) is 0 Å². The van der Waals surface area contributed by atoms with Crippen LogP contribution < -0.4 is 20.7 Å². The lowest BCUT2D eigenvalue weighted by atomic mass is 10.1. The van der Waals surface area contributed by atoms with Gasteiger partial charge in [-0.25, -0.2) is 9.97 Å². The van der Waals surface area contributed by atoms with Crippen molar-refractivity contribution in [3.63, 3.8) is 0 Å². The Morgan fingerprint density at radius 3 is 2.39 bits per heavy atom. The van der Waals surface area contributed by atoms with Crippen molar-refractivity contribution in [2.24, 2.45) is 0 Å². The van der Waals surface area contributed by atoms with E-state index in [-0.39, 0.29) is 5.91 Å². The lowest BCUT2D eigenvalue weighted by molar-refractivity contribution is 0.102. The molecule has 1 aromatic heterocycles. The summed E-state index contributed by atoms with van der Waals surface area (Å²) in [4.78, 5) is 22.9. The maximum atomic E-state index is 12.5. The van der Waals surface area contributed by atoms with Gasteiger partial charge in [0.25, 0.3) is 5.91 Å². The van der Waals surface area contributed by atoms with Crippen LogP contribution in [-0.2, 0) is 0 Å². The third-order valence-electron chi connectivity index (χ3n) is 4.68. The minimum atomic E-state index is -0.204. The number of carbonyl (C=O) groups is 1. The van der Waals surface area contributed by atoms with Crippen LogP contribution in [-0.4, -0.2) is 23.0 Å². The molecule has 0 aliphatic carbocycles. The summed E-state index contributed by atoms with van der Waals surface area (Å²) in [6.07, 6.45) is 3.19. The van der Waals surface area contributed by atoms with Gasteiger partial charge in [0.1, 0.15) is 17.9 Å². The zero-order valence-corrected chi connectivity index (χ0v) is 16.9. The summed E-state index contributed by atoms with van der Waals surface area (Å²) in [5.74, 6) is 1.20. The lowest BCUT2D eigenvalue weighted by Crippen LogP contribution is -2.14. The number of nitrogens with two attached hydrogens (primary N) is 1. The predicted octanol–water partition coefficient (Wildman–Crippen LogP) is 4.79. The molecule has 0 aliphatic heterocycles. The predicted molar refractivity (Wildman–Crippen MR) is 122 cm³/mol. The fourth-order valence-corrected chi connectivity index (χ4v) is 3.16. The molecule has 0 saturated heterocycles. The molecule has 0 bridgehead atoms. The van der Waals surface area contributed by atoms with Crippen molar-refractivity contribution in [2.75, 3.05) is 23.1 Å². The molecule has 0 atom stereocenters. The fraction of sp³-hybridized carbons (Fsp3) is 0.0417. The van der Waals surface area contributed by atoms with Crippen molar-refractivity contribution in [3.05, 3.63) is 97.0 Å². The number of carbonyl (C=O) groups excluding carboxylic acids is 1. The van der Waals surface area contributed by atoms with Crippen molar-refractivity contribution in [2.45, 2.75) is 0 Å². The monoisotopic (exact) mass is 411 g/mol. The number of methoxy groups -OCH3 is 1. The topological polar surface area (TPSA) is 93.4 Å². The molecule has 31 heavy (non-hydrogen) atoms. The minimum Gasteiger partial charge on any atom is -0.495 e. The minimum absolute atomic E-state index is 0.204. The molecule has 0 aliphatic rings. The lowest BCUT2D eigenvalue weighted by Gasteiger charge is -2.25. The van der Waals surface area contributed by atoms with Crippen molar-refractivity contribution < 1.29 is 9.53 Å². The SMILES string of the molecule is COc1ccccc1N(c1ccc(NC(=O)c2ccc(N)cc2)cc1)c1ccncn1. The largest absolute Gasteiger partial charge is 0.495 e. The number of nitrogen functional groups attached to an aromatic ring is 1. The number of amides is 1. The normalized spacial score (nSPS) is 10.4. The van der Waals surface area contributed by atoms with E-state index in [4.69, 9.17) is 10.5 Å². The second kappa shape index (κ2) is 8.96. The second-order valence-corrected chi connectivity index (χ2v) is 6.70. The number of para-hydroxylation sites is 2. The zero-order valence-electron chi connectivity index (χ0n) is 16.9. The van der Waals surface area contributed by atoms with Gasteiger partial charge in [0, 0.05) is 28.8 Å². The molecule has 0 radical (unpaired) electrons. The first-order valence-electron chi connectivity index (χ1n) is 9.62. The van der Waals surface area contributed by atoms with Gasteiger partial charge in [-0.15, -0.1) is 0 Å². The van der Waals surface area contributed by atoms with E-state index in [1.165, 1.54) is 6.33 Å². The van der Waals surface area contributed by atoms with Crippen molar-refractivity contribution in [1.82, 2.24) is 9.97 Å². The van der Waals surface area contributed by atoms with Gasteiger partial charge in [0.05, 0.1) is 12.8 Å². The Hall–Kier alpha value is -4.39. The van der Waals surface area contributed by atoms with E-state index in [0.29, 0.717) is 28.5 Å². The maximum Gasteiger partial charge on any atom is 0.255 e. The molecule has 154 valence electrons. The number of rotatable bonds is 6. The van der Waals surface area contributed by atoms with E-state index >= 15 is 0 Å². The average Bonchev–Trinajstić information content (AvgIpc) is 2.82. The van der Waals surface area contributed by atoms with Crippen LogP contribution in [0.4, 0.5) is 28.6 Å². The number of nitrogens with zero attached hydrogens (tertiary/aromatic N) is 3. The summed E-state index contributed by atoms with van der Waals surface area (Å²) in [7, 11) is 1.63. The van der Waals surface area contributed by atoms with E-state index in [1.807, 2.05) is 59.5 Å². The molecule has 3 aromatic carbocycles. The number of ether oxygens (including phenoxy) is 1. The number of aromatic nitrogens is 2. The van der Waals surface area contributed by atoms with E-state index in [0.717, 1.165) is 11.4 Å². The summed E-state index contributed by atoms with van der Waals surface area (Å²) in [6.45, 7) is 0. The van der Waals surface area contributed by atoms with Gasteiger partial charge in [-0.1, -0.05) is 12.1 Å². The van der Waals surface area contributed by atoms with E-state index in [1.54, 1.807) is 37.6 Å². The van der Waals surface area contributed by atoms with Gasteiger partial charge < -0.3 is 15.8 Å². The highest BCUT2D eigenvalue weighted by Crippen LogP contribution is 2.39. The second-order valence-electron chi connectivity index (χ2n) is 6.70. The first kappa shape index (κ1) is 19.9. The highest BCUT2D eigenvalue weighted by atomic mass is 16.5. The summed E-state index contributed by atoms with van der Waals surface area (Å²) in [5, 5.41) is 2.90. The van der Waals surface area contributed by atoms with E-state index in [9.17, 15) is 4.79 Å². The molecule has 7 nitrogen and oxygen atoms in total. The average molecular weight is 411 g/mol. The van der Waals surface area contributed by atoms with Crippen LogP contribution in [0.5, 0.6) is 5.75 Å². The van der Waals surface area contributed by atoms with Crippen LogP contribution in [0.1, 0.15) is 10.4 Å². The molecule has 0 unspecified atom stereocenters. The first-order valence-corrected chi connectivity index (χ1v) is 9.62. The van der Waals surface area contributed by atoms with E-state index < -0.39 is 0 Å². The quantitative estimate of drug-likeness (QED) is 0.443. The maximum absolute atomic E-state index is 12.5. The third-order valence-corrected chi connectivity index (χ3v) is 4.68. The van der Waals surface area contributed by atoms with Crippen LogP contribution in [0.15, 0.2) is 91.4 Å². The van der Waals surface area contributed by atoms with Crippen molar-refractivity contribution in [1.29, 1.82) is 0 Å². The molecule has 4 rings (SSSR count). The smallest absolute Gasteiger partial charge is 0.255 e. The Morgan fingerprint density at radius 2 is 1.71 bits per heavy atom. The van der Waals surface area contributed by atoms with Gasteiger partial charge in [-0.3, -0.25) is 9.69 Å². The molecule has 0 fully saturated rings. The molecule has 1 heterocycles. The highest BCUT2D eigenvalue weighted by molar-refractivity contribution is 6.04. The summed E-state index contributed by atoms with van der Waals surface area (Å²) in [6, 6.07) is 23.8. The number of hydrogen-bond donors (Lipinski definition) is 2. The van der Waals surface area contributed by atoms with Crippen LogP contribution >= 0.6 is 0 Å². The third kappa shape index (κ3) is 4.45. The van der Waals surface area contributed by atoms with Gasteiger partial charge in [-0.2, -0.15) is 0 Å². The molecule has 1 amide bonds. The van der Waals surface area contributed by atoms with Gasteiger partial charge >= 0.3 is 0 Å². The molecule has 0 saturated carbocycles. The number of benzene rings is 3. The molecule has 7 heteroatoms. The summed E-state index contributed by atoms with van der Waals surface area (Å²) in [5.41, 5.74) is 9.20. The van der Waals surface area contributed by atoms with Crippen LogP contribution in [0.25, 0.3) is 0 Å². The fourth-order valence-electron chi connectivity index (χ4n) is 3.16. The standard InChI is InChI=1S/C24H21N5O2/c1-31-22-5-3-2-4-21(22)29(23-14-15-26-16-27-23)20-12-10-19(11-13-20)28-24(30)17-6-8-18(25)9-7-17/h2-16H,25H2,1H3,(H,28,30). The van der Waals surface area contributed by atoms with Crippen molar-refractivity contribution in [3.8, 4) is 5.75 Å². The zero-order chi connectivity index (χ0) is 21.6. The van der Waals surface area contributed by atoms with Crippen molar-refractivity contribution >= 4 is 34.5 Å². The number of anilines is 5. The number of hydrogen-bond acceptors (Lipinski definition) is 6. The Kier molecular flexibility index (Phi) is 5.75. The molecular weight excluding hydrogens is 390 g/mol. The Balaban J connectivity index is 1.64. The van der Waals surface area contributed by atoms with Gasteiger partial charge in [0.2, 0.25) is 0 Å². The molecule has 4 aromatic rings. The summed E-state index contributed by atoms with van der Waals surface area (Å²) < 4.78 is 5.55. The molecule has 0 spiro atoms. The Bertz CT molecular complexity index is 1160. The van der Waals surface area contributed by atoms with Gasteiger partial charge in [0.15, 0.2) is 0 Å². The van der Waals surface area contributed by atoms with Crippen LogP contribution in [0, 0.1) is 0 Å². The molecule has 3 N–H and O–H groups in total. The molecular formula is C24H21N5O2. The van der Waals surface area contributed by atoms with E-state index in [2.05, 4.69) is 15.3 Å². The highest BCUT2D eigenvalue weighted by Gasteiger charge is 2.17. The summed E-state index contributed by atoms with van der Waals surface area (Å²) >= 11 is 0. The first-order chi connectivity index (χ1) is 15.2. The van der Waals surface area contributed by atoms with Gasteiger partial charge in [-0.05, 0) is 66.7 Å².